The Labute approximate surface area is 165 Å². The fraction of sp³-hybridized carbons (Fsp3) is 0.471. The molecule has 2 amide bonds. The van der Waals surface area contributed by atoms with Crippen LogP contribution in [0.1, 0.15) is 32.1 Å². The Balaban J connectivity index is 1.88. The maximum atomic E-state index is 12.3. The van der Waals surface area contributed by atoms with Gasteiger partial charge in [0.15, 0.2) is 5.13 Å². The Morgan fingerprint density at radius 1 is 1.41 bits per heavy atom. The molecule has 1 aliphatic carbocycles. The van der Waals surface area contributed by atoms with E-state index in [1.165, 1.54) is 11.3 Å². The van der Waals surface area contributed by atoms with Crippen molar-refractivity contribution in [1.82, 2.24) is 4.98 Å². The van der Waals surface area contributed by atoms with E-state index in [1.54, 1.807) is 11.6 Å². The first-order valence-electron chi connectivity index (χ1n) is 8.58. The van der Waals surface area contributed by atoms with Gasteiger partial charge < -0.3 is 16.8 Å². The second-order valence-electron chi connectivity index (χ2n) is 6.53. The molecule has 1 spiro atoms. The van der Waals surface area contributed by atoms with Gasteiger partial charge in [-0.3, -0.25) is 9.59 Å². The Kier molecular flexibility index (Phi) is 5.82. The third kappa shape index (κ3) is 3.84. The number of rotatable bonds is 5. The molecule has 0 radical (unpaired) electrons. The van der Waals surface area contributed by atoms with Gasteiger partial charge in [-0.2, -0.15) is 5.26 Å². The van der Waals surface area contributed by atoms with E-state index < -0.39 is 17.2 Å². The van der Waals surface area contributed by atoms with Gasteiger partial charge in [-0.1, -0.05) is 31.0 Å². The van der Waals surface area contributed by atoms with Gasteiger partial charge in [0.05, 0.1) is 17.4 Å². The fourth-order valence-corrected chi connectivity index (χ4v) is 5.32. The van der Waals surface area contributed by atoms with Crippen LogP contribution in [0.4, 0.5) is 5.13 Å². The third-order valence-electron chi connectivity index (χ3n) is 4.93. The number of nitrogens with one attached hydrogen (secondary N) is 1. The highest BCUT2D eigenvalue weighted by atomic mass is 32.2. The summed E-state index contributed by atoms with van der Waals surface area (Å²) in [7, 11) is 0. The molecule has 5 N–H and O–H groups in total. The first-order valence-corrected chi connectivity index (χ1v) is 10.4. The molecule has 0 aromatic carbocycles. The summed E-state index contributed by atoms with van der Waals surface area (Å²) in [5.74, 6) is -1.31. The van der Waals surface area contributed by atoms with E-state index in [2.05, 4.69) is 21.4 Å². The summed E-state index contributed by atoms with van der Waals surface area (Å²) in [4.78, 5) is 32.8. The zero-order valence-electron chi connectivity index (χ0n) is 14.6. The molecule has 1 aliphatic heterocycles. The molecule has 3 rings (SSSR count). The van der Waals surface area contributed by atoms with Crippen molar-refractivity contribution < 1.29 is 9.59 Å². The van der Waals surface area contributed by atoms with Crippen LogP contribution in [0.25, 0.3) is 0 Å². The average Bonchev–Trinajstić information content (AvgIpc) is 3.13. The van der Waals surface area contributed by atoms with Crippen LogP contribution in [-0.4, -0.2) is 28.4 Å². The van der Waals surface area contributed by atoms with Gasteiger partial charge in [0, 0.05) is 17.0 Å². The molecule has 10 heteroatoms. The molecule has 1 aromatic rings. The predicted molar refractivity (Wildman–Crippen MR) is 106 cm³/mol. The van der Waals surface area contributed by atoms with E-state index in [0.29, 0.717) is 28.6 Å². The number of carbonyl (C=O) groups excluding carboxylic acids is 2. The molecule has 27 heavy (non-hydrogen) atoms. The van der Waals surface area contributed by atoms with E-state index in [1.807, 2.05) is 0 Å². The molecular formula is C17H20N6O2S2. The predicted octanol–water partition coefficient (Wildman–Crippen LogP) is 1.97. The lowest BCUT2D eigenvalue weighted by Crippen LogP contribution is -2.47. The number of thiazole rings is 1. The van der Waals surface area contributed by atoms with E-state index in [4.69, 9.17) is 11.5 Å². The van der Waals surface area contributed by atoms with Crippen molar-refractivity contribution >= 4 is 45.9 Å². The second kappa shape index (κ2) is 8.10. The first kappa shape index (κ1) is 19.4. The Bertz CT molecular complexity index is 834. The minimum absolute atomic E-state index is 0.0375. The molecule has 1 aromatic heterocycles. The van der Waals surface area contributed by atoms with Gasteiger partial charge in [0.2, 0.25) is 11.8 Å². The van der Waals surface area contributed by atoms with Crippen LogP contribution in [0.2, 0.25) is 0 Å². The minimum Gasteiger partial charge on any atom is -0.386 e. The van der Waals surface area contributed by atoms with Gasteiger partial charge in [-0.05, 0) is 12.8 Å². The van der Waals surface area contributed by atoms with Crippen LogP contribution in [0.3, 0.4) is 0 Å². The molecule has 0 saturated heterocycles. The smallest absolute Gasteiger partial charge is 0.247 e. The number of nitrogens with two attached hydrogens (primary N) is 2. The van der Waals surface area contributed by atoms with Crippen molar-refractivity contribution in [2.45, 2.75) is 32.1 Å². The van der Waals surface area contributed by atoms with E-state index >= 15 is 0 Å². The van der Waals surface area contributed by atoms with E-state index in [-0.39, 0.29) is 17.5 Å². The zero-order valence-corrected chi connectivity index (χ0v) is 16.2. The van der Waals surface area contributed by atoms with Crippen LogP contribution >= 0.6 is 23.1 Å². The monoisotopic (exact) mass is 404 g/mol. The maximum Gasteiger partial charge on any atom is 0.247 e. The molecule has 2 heterocycles. The molecule has 1 saturated carbocycles. The lowest BCUT2D eigenvalue weighted by atomic mass is 9.60. The third-order valence-corrected chi connectivity index (χ3v) is 6.59. The normalized spacial score (nSPS) is 21.4. The SMILES string of the molecule is N#C[C@@H]1C(N)=NC(SCC(=O)Nc2nccs2)=C(C(N)=O)C12CCCCC2. The molecule has 8 nitrogen and oxygen atoms in total. The number of anilines is 1. The Hall–Kier alpha value is -2.38. The Morgan fingerprint density at radius 3 is 2.74 bits per heavy atom. The largest absolute Gasteiger partial charge is 0.386 e. The minimum atomic E-state index is -0.710. The summed E-state index contributed by atoms with van der Waals surface area (Å²) in [6.45, 7) is 0. The van der Waals surface area contributed by atoms with E-state index in [0.717, 1.165) is 31.0 Å². The lowest BCUT2D eigenvalue weighted by Gasteiger charge is -2.43. The van der Waals surface area contributed by atoms with Crippen LogP contribution in [-0.2, 0) is 9.59 Å². The molecule has 142 valence electrons. The Morgan fingerprint density at radius 2 is 2.15 bits per heavy atom. The summed E-state index contributed by atoms with van der Waals surface area (Å²) in [5.41, 5.74) is 11.4. The van der Waals surface area contributed by atoms with Crippen LogP contribution in [0.15, 0.2) is 27.2 Å². The maximum absolute atomic E-state index is 12.3. The summed E-state index contributed by atoms with van der Waals surface area (Å²) >= 11 is 2.43. The number of thioether (sulfide) groups is 1. The van der Waals surface area contributed by atoms with Gasteiger partial charge in [0.1, 0.15) is 16.8 Å². The topological polar surface area (TPSA) is 147 Å². The van der Waals surface area contributed by atoms with Gasteiger partial charge in [0.25, 0.3) is 0 Å². The number of carbonyl (C=O) groups is 2. The van der Waals surface area contributed by atoms with Gasteiger partial charge >= 0.3 is 0 Å². The molecular weight excluding hydrogens is 384 g/mol. The number of aliphatic imine (C=N–C) groups is 1. The number of nitrogens with zero attached hydrogens (tertiary/aromatic N) is 3. The summed E-state index contributed by atoms with van der Waals surface area (Å²) in [6.07, 6.45) is 5.75. The summed E-state index contributed by atoms with van der Waals surface area (Å²) < 4.78 is 0. The molecule has 1 fully saturated rings. The number of hydrogen-bond acceptors (Lipinski definition) is 8. The molecule has 2 aliphatic rings. The lowest BCUT2D eigenvalue weighted by molar-refractivity contribution is -0.116. The van der Waals surface area contributed by atoms with Crippen molar-refractivity contribution in [3.63, 3.8) is 0 Å². The number of amides is 2. The number of aromatic nitrogens is 1. The summed E-state index contributed by atoms with van der Waals surface area (Å²) in [5, 5.41) is 15.0. The fourth-order valence-electron chi connectivity index (χ4n) is 3.82. The molecule has 1 atom stereocenters. The highest BCUT2D eigenvalue weighted by molar-refractivity contribution is 8.03. The van der Waals surface area contributed by atoms with Crippen molar-refractivity contribution in [3.8, 4) is 6.07 Å². The number of amidine groups is 1. The number of nitriles is 1. The van der Waals surface area contributed by atoms with Crippen molar-refractivity contribution in [2.75, 3.05) is 11.1 Å². The quantitative estimate of drug-likeness (QED) is 0.683. The van der Waals surface area contributed by atoms with E-state index in [9.17, 15) is 14.9 Å². The van der Waals surface area contributed by atoms with Gasteiger partial charge in [-0.25, -0.2) is 9.98 Å². The van der Waals surface area contributed by atoms with Crippen LogP contribution in [0.5, 0.6) is 0 Å². The van der Waals surface area contributed by atoms with Crippen molar-refractivity contribution in [3.05, 3.63) is 22.2 Å². The standard InChI is InChI=1S/C17H20N6O2S2/c18-8-10-13(19)23-15(27-9-11(24)22-16-21-6-7-26-16)12(14(20)25)17(10)4-2-1-3-5-17/h6-7,10H,1-5,9H2,(H2,19,23)(H2,20,25)(H,21,22,24)/t10-/m1/s1. The van der Waals surface area contributed by atoms with Crippen LogP contribution in [0, 0.1) is 22.7 Å². The number of primary amides is 1. The zero-order chi connectivity index (χ0) is 19.4. The van der Waals surface area contributed by atoms with Crippen LogP contribution < -0.4 is 16.8 Å². The molecule has 0 unspecified atom stereocenters. The van der Waals surface area contributed by atoms with Gasteiger partial charge in [-0.15, -0.1) is 11.3 Å². The van der Waals surface area contributed by atoms with Crippen molar-refractivity contribution in [1.29, 1.82) is 5.26 Å². The highest BCUT2D eigenvalue weighted by Crippen LogP contribution is 2.52. The highest BCUT2D eigenvalue weighted by Gasteiger charge is 2.50. The second-order valence-corrected chi connectivity index (χ2v) is 8.39. The molecule has 0 bridgehead atoms. The summed E-state index contributed by atoms with van der Waals surface area (Å²) in [6, 6.07) is 2.22. The first-order chi connectivity index (χ1) is 13.0. The van der Waals surface area contributed by atoms with Crippen molar-refractivity contribution in [2.24, 2.45) is 27.8 Å². The average molecular weight is 405 g/mol. The number of hydrogen-bond donors (Lipinski definition) is 3.